The van der Waals surface area contributed by atoms with Crippen LogP contribution in [0.3, 0.4) is 0 Å². The molecular weight excluding hydrogens is 405 g/mol. The summed E-state index contributed by atoms with van der Waals surface area (Å²) in [5, 5.41) is 16.4. The lowest BCUT2D eigenvalue weighted by molar-refractivity contribution is -0.192. The number of pyridine rings is 1. The molecule has 2 N–H and O–H groups in total. The Balaban J connectivity index is 0.000000345. The largest absolute Gasteiger partial charge is 0.490 e. The van der Waals surface area contributed by atoms with Gasteiger partial charge in [-0.3, -0.25) is 0 Å². The van der Waals surface area contributed by atoms with Crippen molar-refractivity contribution in [1.29, 1.82) is 0 Å². The average molecular weight is 421 g/mol. The number of carbonyl (C=O) groups is 2. The van der Waals surface area contributed by atoms with E-state index in [1.54, 1.807) is 6.20 Å². The Bertz CT molecular complexity index is 822. The molecule has 0 amide bonds. The molecule has 0 bridgehead atoms. The van der Waals surface area contributed by atoms with E-state index in [2.05, 4.69) is 19.4 Å². The van der Waals surface area contributed by atoms with Crippen molar-refractivity contribution in [3.8, 4) is 0 Å². The summed E-state index contributed by atoms with van der Waals surface area (Å²) in [4.78, 5) is 30.2. The van der Waals surface area contributed by atoms with E-state index in [1.807, 2.05) is 12.5 Å². The molecule has 1 aliphatic heterocycles. The highest BCUT2D eigenvalue weighted by molar-refractivity contribution is 6.33. The van der Waals surface area contributed by atoms with E-state index in [-0.39, 0.29) is 5.56 Å². The maximum absolute atomic E-state index is 10.9. The maximum Gasteiger partial charge on any atom is 0.490 e. The first-order valence-corrected chi connectivity index (χ1v) is 8.38. The standard InChI is InChI=1S/C14H15ClN4O2.C2HF3O2/c15-12-7-10(14(20)21)8-17-13(12)18-4-1-11(2-5-18)19-6-3-16-9-19;3-2(4,5)1(6)7/h3,6-9,11H,1-2,4-5H2,(H,20,21);(H,6,7). The fourth-order valence-electron chi connectivity index (χ4n) is 2.64. The summed E-state index contributed by atoms with van der Waals surface area (Å²) in [7, 11) is 0. The van der Waals surface area contributed by atoms with Crippen molar-refractivity contribution in [1.82, 2.24) is 14.5 Å². The van der Waals surface area contributed by atoms with E-state index in [9.17, 15) is 18.0 Å². The first-order chi connectivity index (χ1) is 13.1. The highest BCUT2D eigenvalue weighted by Gasteiger charge is 2.38. The number of rotatable bonds is 3. The third-order valence-corrected chi connectivity index (χ3v) is 4.30. The van der Waals surface area contributed by atoms with Crippen LogP contribution < -0.4 is 4.90 Å². The summed E-state index contributed by atoms with van der Waals surface area (Å²) in [6.07, 6.45) is 3.84. The summed E-state index contributed by atoms with van der Waals surface area (Å²) in [5.41, 5.74) is 0.108. The summed E-state index contributed by atoms with van der Waals surface area (Å²) in [5.74, 6) is -3.12. The number of aliphatic carboxylic acids is 1. The Morgan fingerprint density at radius 2 is 1.82 bits per heavy atom. The molecule has 0 spiro atoms. The minimum atomic E-state index is -5.08. The van der Waals surface area contributed by atoms with Gasteiger partial charge in [0, 0.05) is 37.7 Å². The predicted molar refractivity (Wildman–Crippen MR) is 92.6 cm³/mol. The molecule has 0 saturated carbocycles. The number of aromatic nitrogens is 3. The van der Waals surface area contributed by atoms with E-state index >= 15 is 0 Å². The molecule has 0 aromatic carbocycles. The summed E-state index contributed by atoms with van der Waals surface area (Å²) >= 11 is 6.16. The number of alkyl halides is 3. The van der Waals surface area contributed by atoms with E-state index in [0.717, 1.165) is 25.9 Å². The summed E-state index contributed by atoms with van der Waals surface area (Å²) in [6.45, 7) is 1.67. The highest BCUT2D eigenvalue weighted by atomic mass is 35.5. The van der Waals surface area contributed by atoms with Crippen LogP contribution in [0.4, 0.5) is 19.0 Å². The zero-order valence-corrected chi connectivity index (χ0v) is 15.1. The lowest BCUT2D eigenvalue weighted by Crippen LogP contribution is -2.35. The molecule has 8 nitrogen and oxygen atoms in total. The fraction of sp³-hybridized carbons (Fsp3) is 0.375. The monoisotopic (exact) mass is 420 g/mol. The van der Waals surface area contributed by atoms with Gasteiger partial charge in [0.2, 0.25) is 0 Å². The lowest BCUT2D eigenvalue weighted by atomic mass is 10.0. The lowest BCUT2D eigenvalue weighted by Gasteiger charge is -2.33. The molecule has 0 atom stereocenters. The zero-order chi connectivity index (χ0) is 20.9. The molecule has 1 saturated heterocycles. The maximum atomic E-state index is 10.9. The highest BCUT2D eigenvalue weighted by Crippen LogP contribution is 2.30. The minimum absolute atomic E-state index is 0.108. The van der Waals surface area contributed by atoms with E-state index in [4.69, 9.17) is 26.6 Å². The first-order valence-electron chi connectivity index (χ1n) is 8.01. The van der Waals surface area contributed by atoms with Crippen LogP contribution in [-0.4, -0.2) is 56.0 Å². The average Bonchev–Trinajstić information content (AvgIpc) is 3.16. The second kappa shape index (κ2) is 8.91. The van der Waals surface area contributed by atoms with Gasteiger partial charge in [-0.2, -0.15) is 13.2 Å². The van der Waals surface area contributed by atoms with E-state index in [0.29, 0.717) is 16.9 Å². The number of carboxylic acid groups (broad SMARTS) is 2. The predicted octanol–water partition coefficient (Wildman–Crippen LogP) is 3.10. The van der Waals surface area contributed by atoms with E-state index < -0.39 is 18.1 Å². The van der Waals surface area contributed by atoms with Gasteiger partial charge in [-0.1, -0.05) is 11.6 Å². The SMILES string of the molecule is O=C(O)C(F)(F)F.O=C(O)c1cnc(N2CCC(n3ccnc3)CC2)c(Cl)c1. The molecule has 12 heteroatoms. The number of anilines is 1. The Morgan fingerprint density at radius 3 is 2.25 bits per heavy atom. The smallest absolute Gasteiger partial charge is 0.478 e. The van der Waals surface area contributed by atoms with Crippen molar-refractivity contribution in [2.24, 2.45) is 0 Å². The van der Waals surface area contributed by atoms with Crippen LogP contribution in [0.2, 0.25) is 5.02 Å². The molecule has 0 aliphatic carbocycles. The number of halogens is 4. The molecule has 1 aliphatic rings. The van der Waals surface area contributed by atoms with Crippen LogP contribution in [-0.2, 0) is 4.79 Å². The topological polar surface area (TPSA) is 109 Å². The van der Waals surface area contributed by atoms with Crippen molar-refractivity contribution in [2.75, 3.05) is 18.0 Å². The van der Waals surface area contributed by atoms with Gasteiger partial charge in [0.15, 0.2) is 0 Å². The summed E-state index contributed by atoms with van der Waals surface area (Å²) < 4.78 is 33.9. The Morgan fingerprint density at radius 1 is 1.21 bits per heavy atom. The number of hydrogen-bond donors (Lipinski definition) is 2. The van der Waals surface area contributed by atoms with Gasteiger partial charge in [0.25, 0.3) is 0 Å². The molecule has 3 rings (SSSR count). The van der Waals surface area contributed by atoms with Gasteiger partial charge >= 0.3 is 18.1 Å². The van der Waals surface area contributed by atoms with E-state index in [1.165, 1.54) is 12.3 Å². The molecule has 152 valence electrons. The van der Waals surface area contributed by atoms with Crippen molar-refractivity contribution in [2.45, 2.75) is 25.1 Å². The second-order valence-electron chi connectivity index (χ2n) is 5.87. The first kappa shape index (κ1) is 21.5. The van der Waals surface area contributed by atoms with Crippen molar-refractivity contribution in [3.63, 3.8) is 0 Å². The minimum Gasteiger partial charge on any atom is -0.478 e. The van der Waals surface area contributed by atoms with Gasteiger partial charge in [-0.05, 0) is 18.9 Å². The van der Waals surface area contributed by atoms with Gasteiger partial charge in [-0.15, -0.1) is 0 Å². The number of piperidine rings is 1. The van der Waals surface area contributed by atoms with Crippen molar-refractivity contribution in [3.05, 3.63) is 41.6 Å². The molecular formula is C16H16ClF3N4O4. The van der Waals surface area contributed by atoms with Crippen LogP contribution in [0, 0.1) is 0 Å². The molecule has 2 aromatic rings. The third-order valence-electron chi connectivity index (χ3n) is 4.02. The molecule has 0 unspecified atom stereocenters. The van der Waals surface area contributed by atoms with Gasteiger partial charge in [0.05, 0.1) is 16.9 Å². The van der Waals surface area contributed by atoms with Gasteiger partial charge in [0.1, 0.15) is 5.82 Å². The Labute approximate surface area is 162 Å². The zero-order valence-electron chi connectivity index (χ0n) is 14.3. The van der Waals surface area contributed by atoms with Gasteiger partial charge in [-0.25, -0.2) is 19.6 Å². The van der Waals surface area contributed by atoms with Crippen LogP contribution in [0.25, 0.3) is 0 Å². The number of hydrogen-bond acceptors (Lipinski definition) is 5. The van der Waals surface area contributed by atoms with Crippen LogP contribution in [0.1, 0.15) is 29.2 Å². The number of imidazole rings is 1. The number of nitrogens with zero attached hydrogens (tertiary/aromatic N) is 4. The summed E-state index contributed by atoms with van der Waals surface area (Å²) in [6, 6.07) is 1.90. The normalized spacial score (nSPS) is 14.9. The van der Waals surface area contributed by atoms with Crippen molar-refractivity contribution >= 4 is 29.4 Å². The van der Waals surface area contributed by atoms with Crippen LogP contribution in [0.15, 0.2) is 31.0 Å². The molecule has 28 heavy (non-hydrogen) atoms. The number of carboxylic acids is 2. The Hall–Kier alpha value is -2.82. The Kier molecular flexibility index (Phi) is 6.84. The molecule has 1 fully saturated rings. The fourth-order valence-corrected chi connectivity index (χ4v) is 2.93. The van der Waals surface area contributed by atoms with Gasteiger partial charge < -0.3 is 19.7 Å². The van der Waals surface area contributed by atoms with Crippen LogP contribution >= 0.6 is 11.6 Å². The molecule has 0 radical (unpaired) electrons. The van der Waals surface area contributed by atoms with Crippen molar-refractivity contribution < 1.29 is 33.0 Å². The number of aromatic carboxylic acids is 1. The third kappa shape index (κ3) is 5.59. The van der Waals surface area contributed by atoms with Crippen LogP contribution in [0.5, 0.6) is 0 Å². The second-order valence-corrected chi connectivity index (χ2v) is 6.27. The molecule has 2 aromatic heterocycles. The molecule has 3 heterocycles. The quantitative estimate of drug-likeness (QED) is 0.785.